The van der Waals surface area contributed by atoms with Crippen LogP contribution in [-0.4, -0.2) is 69.1 Å². The third-order valence-electron chi connectivity index (χ3n) is 10.2. The van der Waals surface area contributed by atoms with Gasteiger partial charge in [-0.15, -0.1) is 0 Å². The summed E-state index contributed by atoms with van der Waals surface area (Å²) in [7, 11) is -1.00. The number of hydrogen-bond donors (Lipinski definition) is 1. The first-order valence-electron chi connectivity index (χ1n) is 23.5. The average molecular weight is 999 g/mol. The molecule has 0 aliphatic carbocycles. The number of cyclic esters (lactones) is 2. The fraction of sp³-hybridized carbons (Fsp3) is 0.271. The van der Waals surface area contributed by atoms with Gasteiger partial charge in [0.05, 0.1) is 21.7 Å². The number of allylic oxidation sites excluding steroid dienone is 1. The van der Waals surface area contributed by atoms with Crippen LogP contribution in [0.15, 0.2) is 170 Å². The molecule has 9 nitrogen and oxygen atoms in total. The number of aliphatic hydroxyl groups excluding tert-OH is 1. The molecule has 374 valence electrons. The largest absolute Gasteiger partial charge is 1.00 e. The fourth-order valence-corrected chi connectivity index (χ4v) is 6.81. The van der Waals surface area contributed by atoms with E-state index in [0.717, 1.165) is 29.2 Å². The van der Waals surface area contributed by atoms with Crippen molar-refractivity contribution in [3.05, 3.63) is 214 Å². The molecule has 1 fully saturated rings. The fourth-order valence-electron chi connectivity index (χ4n) is 6.81. The van der Waals surface area contributed by atoms with Crippen molar-refractivity contribution in [2.45, 2.75) is 61.8 Å². The van der Waals surface area contributed by atoms with Gasteiger partial charge in [0.1, 0.15) is 19.8 Å². The predicted octanol–water partition coefficient (Wildman–Crippen LogP) is 11.1. The van der Waals surface area contributed by atoms with Crippen LogP contribution in [0.25, 0.3) is 0 Å². The standard InChI is InChI=1S/C20H23NO2.C16H19NO.C15H16.C4H5ClO.C3H4O3.CH3F.Na.H/c1-15(2)20(22)23-13-12-21(18-8-6-5-7-9-18)19-11-10-16(3)14-17(19)4;1-13-8-9-16(14(2)12-13)17(10-11-18)15-6-4-3-5-7-15;1-12-8-9-15(13(2)10-12)11-14-6-4-3-5-7-14;1-3(2)4(5)6;4-3-5-1-2-6-3;1-2;;/h5-11,14H,1,12-13H2,2-4H3;3-9,12,18H,10-11H2,1-2H3;3-10H,11H2,1-2H3;1H2,2H3;1-2H2;1H3;;/q;;;;;;+1;-1/i;;;;;1D;;. The van der Waals surface area contributed by atoms with E-state index in [0.29, 0.717) is 44.1 Å². The normalized spacial score (nSPS) is 10.7. The zero-order valence-corrected chi connectivity index (χ0v) is 45.7. The predicted molar refractivity (Wildman–Crippen MR) is 288 cm³/mol. The Morgan fingerprint density at radius 3 is 1.42 bits per heavy atom. The van der Waals surface area contributed by atoms with Crippen LogP contribution in [0.2, 0.25) is 0 Å². The molecule has 1 heterocycles. The number of para-hydroxylation sites is 2. The van der Waals surface area contributed by atoms with Gasteiger partial charge in [-0.3, -0.25) is 9.18 Å². The molecule has 0 radical (unpaired) electrons. The molecule has 1 aliphatic heterocycles. The minimum atomic E-state index is -1.00. The van der Waals surface area contributed by atoms with Crippen LogP contribution in [-0.2, 0) is 30.2 Å². The zero-order valence-electron chi connectivity index (χ0n) is 45.0. The second-order valence-electron chi connectivity index (χ2n) is 16.3. The number of alkyl halides is 1. The molecule has 6 aromatic rings. The first-order chi connectivity index (χ1) is 33.9. The molecule has 0 unspecified atom stereocenters. The minimum absolute atomic E-state index is 0. The van der Waals surface area contributed by atoms with E-state index in [1.165, 1.54) is 44.5 Å². The van der Waals surface area contributed by atoms with E-state index in [4.69, 9.17) is 17.7 Å². The summed E-state index contributed by atoms with van der Waals surface area (Å²) in [6.45, 7) is 25.3. The van der Waals surface area contributed by atoms with Gasteiger partial charge in [0, 0.05) is 40.4 Å². The first-order valence-corrected chi connectivity index (χ1v) is 23.1. The van der Waals surface area contributed by atoms with Crippen molar-refractivity contribution < 1.29 is 70.4 Å². The van der Waals surface area contributed by atoms with Crippen LogP contribution in [0.1, 0.15) is 61.2 Å². The van der Waals surface area contributed by atoms with E-state index in [-0.39, 0.29) is 43.6 Å². The molecule has 7 rings (SSSR count). The van der Waals surface area contributed by atoms with Crippen LogP contribution >= 0.6 is 11.6 Å². The van der Waals surface area contributed by atoms with Crippen molar-refractivity contribution in [2.24, 2.45) is 0 Å². The van der Waals surface area contributed by atoms with Gasteiger partial charge >= 0.3 is 41.7 Å². The Morgan fingerprint density at radius 1 is 0.676 bits per heavy atom. The number of aliphatic hydroxyl groups is 1. The van der Waals surface area contributed by atoms with Crippen molar-refractivity contribution >= 4 is 51.7 Å². The third-order valence-corrected chi connectivity index (χ3v) is 10.6. The maximum absolute atomic E-state index is 11.6. The molecule has 0 aromatic heterocycles. The maximum atomic E-state index is 11.6. The van der Waals surface area contributed by atoms with Gasteiger partial charge in [-0.1, -0.05) is 139 Å². The number of hydrogen-bond acceptors (Lipinski definition) is 9. The first kappa shape index (κ1) is 61.1. The molecule has 0 saturated carbocycles. The summed E-state index contributed by atoms with van der Waals surface area (Å²) in [6, 6.07) is 50.3. The van der Waals surface area contributed by atoms with Crippen LogP contribution in [0.4, 0.5) is 31.9 Å². The smallest absolute Gasteiger partial charge is 1.00 e. The Hall–Kier alpha value is -6.01. The molecular formula is C59H71ClFN2NaO7. The van der Waals surface area contributed by atoms with E-state index in [2.05, 4.69) is 183 Å². The molecule has 0 bridgehead atoms. The Kier molecular flexibility index (Phi) is 30.3. The molecule has 1 saturated heterocycles. The molecule has 0 atom stereocenters. The molecule has 1 N–H and O–H groups in total. The van der Waals surface area contributed by atoms with E-state index in [1.54, 1.807) is 13.8 Å². The van der Waals surface area contributed by atoms with E-state index in [1.807, 2.05) is 36.4 Å². The van der Waals surface area contributed by atoms with Crippen LogP contribution in [0.3, 0.4) is 0 Å². The van der Waals surface area contributed by atoms with Crippen molar-refractivity contribution in [1.29, 1.82) is 0 Å². The molecule has 12 heteroatoms. The van der Waals surface area contributed by atoms with Crippen molar-refractivity contribution in [3.8, 4) is 0 Å². The Bertz CT molecular complexity index is 2550. The monoisotopic (exact) mass is 997 g/mol. The number of rotatable bonds is 13. The molecule has 6 aromatic carbocycles. The number of benzene rings is 6. The van der Waals surface area contributed by atoms with Gasteiger partial charge in [0.25, 0.3) is 0 Å². The molecule has 0 spiro atoms. The maximum Gasteiger partial charge on any atom is 1.00 e. The number of carbonyl (C=O) groups is 3. The molecule has 0 amide bonds. The summed E-state index contributed by atoms with van der Waals surface area (Å²) in [5.41, 5.74) is 15.7. The Morgan fingerprint density at radius 2 is 1.07 bits per heavy atom. The number of halogens is 2. The summed E-state index contributed by atoms with van der Waals surface area (Å²) in [4.78, 5) is 35.5. The second kappa shape index (κ2) is 35.1. The van der Waals surface area contributed by atoms with E-state index < -0.39 is 18.6 Å². The van der Waals surface area contributed by atoms with Crippen molar-refractivity contribution in [2.75, 3.05) is 56.5 Å². The number of aryl methyl sites for hydroxylation is 6. The third kappa shape index (κ3) is 24.1. The number of ether oxygens (including phenoxy) is 3. The van der Waals surface area contributed by atoms with Gasteiger partial charge < -0.3 is 30.5 Å². The summed E-state index contributed by atoms with van der Waals surface area (Å²) in [5.74, 6) is -0.348. The number of anilines is 4. The molecule has 71 heavy (non-hydrogen) atoms. The quantitative estimate of drug-likeness (QED) is 0.0524. The Labute approximate surface area is 452 Å². The SMILES string of the molecule is C=C(C)C(=O)Cl.C=C(C)C(=O)OCCN(c1ccccc1)c1ccc(C)cc1C.Cc1ccc(Cc2ccccc2)c(C)c1.Cc1ccc(N(CCO)c2ccccc2)c(C)c1.O=C1OCCO1.[2H]CF.[H-].[Na+]. The van der Waals surface area contributed by atoms with Crippen molar-refractivity contribution in [3.63, 3.8) is 0 Å². The van der Waals surface area contributed by atoms with Gasteiger partial charge in [-0.25, -0.2) is 9.59 Å². The average Bonchev–Trinajstić information content (AvgIpc) is 3.83. The molecular weight excluding hydrogens is 926 g/mol. The minimum Gasteiger partial charge on any atom is -1.00 e. The van der Waals surface area contributed by atoms with Crippen molar-refractivity contribution in [1.82, 2.24) is 0 Å². The van der Waals surface area contributed by atoms with Crippen LogP contribution in [0.5, 0.6) is 0 Å². The zero-order chi connectivity index (χ0) is 52.7. The second-order valence-corrected chi connectivity index (χ2v) is 16.6. The topological polar surface area (TPSA) is 106 Å². The van der Waals surface area contributed by atoms with E-state index in [9.17, 15) is 23.9 Å². The van der Waals surface area contributed by atoms with E-state index >= 15 is 0 Å². The van der Waals surface area contributed by atoms with Gasteiger partial charge in [0.2, 0.25) is 5.24 Å². The van der Waals surface area contributed by atoms with Crippen LogP contribution < -0.4 is 39.4 Å². The molecule has 1 aliphatic rings. The number of esters is 1. The summed E-state index contributed by atoms with van der Waals surface area (Å²) < 4.78 is 29.3. The summed E-state index contributed by atoms with van der Waals surface area (Å²) in [5, 5.41) is 8.80. The van der Waals surface area contributed by atoms with Crippen LogP contribution in [0, 0.1) is 41.5 Å². The van der Waals surface area contributed by atoms with Gasteiger partial charge in [-0.2, -0.15) is 0 Å². The summed E-state index contributed by atoms with van der Waals surface area (Å²) in [6.07, 6.45) is 0.488. The van der Waals surface area contributed by atoms with Gasteiger partial charge in [-0.05, 0) is 138 Å². The number of nitrogens with zero attached hydrogens (tertiary/aromatic N) is 2. The number of carbonyl (C=O) groups excluding carboxylic acids is 3. The Balaban J connectivity index is 0.000000932. The van der Waals surface area contributed by atoms with Gasteiger partial charge in [0.15, 0.2) is 0 Å². The summed E-state index contributed by atoms with van der Waals surface area (Å²) >= 11 is 4.87.